The van der Waals surface area contributed by atoms with Crippen LogP contribution in [0.4, 0.5) is 23.9 Å². The van der Waals surface area contributed by atoms with Gasteiger partial charge in [0.2, 0.25) is 5.95 Å². The Morgan fingerprint density at radius 3 is 2.48 bits per heavy atom. The molecule has 0 spiro atoms. The molecule has 1 N–H and O–H groups in total. The van der Waals surface area contributed by atoms with Gasteiger partial charge in [0.15, 0.2) is 0 Å². The van der Waals surface area contributed by atoms with Gasteiger partial charge in [-0.3, -0.25) is 9.69 Å². The molecule has 0 radical (unpaired) electrons. The van der Waals surface area contributed by atoms with Crippen LogP contribution in [0.3, 0.4) is 0 Å². The van der Waals surface area contributed by atoms with E-state index in [0.29, 0.717) is 45.8 Å². The number of carboxylic acids is 1. The van der Waals surface area contributed by atoms with Crippen LogP contribution >= 0.6 is 11.6 Å². The summed E-state index contributed by atoms with van der Waals surface area (Å²) in [7, 11) is 0. The van der Waals surface area contributed by atoms with Gasteiger partial charge in [-0.15, -0.1) is 0 Å². The third kappa shape index (κ3) is 5.94. The highest BCUT2D eigenvalue weighted by atomic mass is 35.5. The normalized spacial score (nSPS) is 24.6. The standard InChI is InChI=1S/C32H32ClF3N4O4/c1-17-9-22(11-23(34)10-17)28-18(2)40(31(43)44-28)14-27-25(13-37-30(38-27)39-15-32(35,36)16-39)24-12-21(7-8-26(24)33)19-3-5-20(6-4-19)29(41)42/h7-13,18-20,28H,3-6,14-16H2,1-2H3,(H,41,42)/t18-,19?,20?,28-/m0/s1. The number of anilines is 1. The second-order valence-corrected chi connectivity index (χ2v) is 12.5. The van der Waals surface area contributed by atoms with Crippen LogP contribution in [-0.4, -0.2) is 57.1 Å². The van der Waals surface area contributed by atoms with Crippen LogP contribution in [0.2, 0.25) is 5.02 Å². The quantitative estimate of drug-likeness (QED) is 0.297. The summed E-state index contributed by atoms with van der Waals surface area (Å²) in [5.41, 5.74) is 3.79. The molecule has 2 aliphatic heterocycles. The SMILES string of the molecule is Cc1cc(F)cc([C@H]2OC(=O)N(Cc3nc(N4CC(F)(F)C4)ncc3-c3cc(C4CCC(C(=O)O)CC4)ccc3Cl)[C@H]2C)c1. The number of carbonyl (C=O) groups excluding carboxylic acids is 1. The summed E-state index contributed by atoms with van der Waals surface area (Å²) in [5.74, 6) is -4.11. The van der Waals surface area contributed by atoms with Crippen LogP contribution in [0, 0.1) is 18.7 Å². The van der Waals surface area contributed by atoms with Crippen molar-refractivity contribution in [3.8, 4) is 11.1 Å². The smallest absolute Gasteiger partial charge is 0.411 e. The Labute approximate surface area is 257 Å². The van der Waals surface area contributed by atoms with Crippen LogP contribution in [0.25, 0.3) is 11.1 Å². The predicted molar refractivity (Wildman–Crippen MR) is 157 cm³/mol. The number of aryl methyl sites for hydroxylation is 1. The number of cyclic esters (lactones) is 1. The predicted octanol–water partition coefficient (Wildman–Crippen LogP) is 7.14. The van der Waals surface area contributed by atoms with Crippen LogP contribution in [-0.2, 0) is 16.1 Å². The Morgan fingerprint density at radius 2 is 1.82 bits per heavy atom. The number of benzene rings is 2. The zero-order valence-corrected chi connectivity index (χ0v) is 25.0. The van der Waals surface area contributed by atoms with Crippen molar-refractivity contribution in [3.05, 3.63) is 75.8 Å². The molecule has 6 rings (SSSR count). The van der Waals surface area contributed by atoms with Gasteiger partial charge in [-0.05, 0) is 86.4 Å². The molecule has 12 heteroatoms. The minimum atomic E-state index is -2.83. The number of hydrogen-bond donors (Lipinski definition) is 1. The summed E-state index contributed by atoms with van der Waals surface area (Å²) in [5, 5.41) is 9.82. The van der Waals surface area contributed by atoms with Crippen molar-refractivity contribution < 1.29 is 32.6 Å². The van der Waals surface area contributed by atoms with E-state index in [2.05, 4.69) is 9.97 Å². The van der Waals surface area contributed by atoms with Crippen molar-refractivity contribution in [1.29, 1.82) is 0 Å². The van der Waals surface area contributed by atoms with Crippen molar-refractivity contribution in [2.24, 2.45) is 5.92 Å². The van der Waals surface area contributed by atoms with E-state index in [0.717, 1.165) is 18.4 Å². The molecule has 0 bridgehead atoms. The molecule has 3 aliphatic rings. The fraction of sp³-hybridized carbons (Fsp3) is 0.438. The molecule has 2 saturated heterocycles. The van der Waals surface area contributed by atoms with Gasteiger partial charge in [0.25, 0.3) is 5.92 Å². The maximum Gasteiger partial charge on any atom is 0.411 e. The van der Waals surface area contributed by atoms with Gasteiger partial charge in [0.05, 0.1) is 37.3 Å². The average molecular weight is 629 g/mol. The van der Waals surface area contributed by atoms with Gasteiger partial charge in [0.1, 0.15) is 11.9 Å². The molecule has 3 heterocycles. The van der Waals surface area contributed by atoms with E-state index in [1.54, 1.807) is 32.2 Å². The highest BCUT2D eigenvalue weighted by Crippen LogP contribution is 2.41. The first-order valence-electron chi connectivity index (χ1n) is 14.6. The van der Waals surface area contributed by atoms with E-state index in [1.165, 1.54) is 21.9 Å². The lowest BCUT2D eigenvalue weighted by molar-refractivity contribution is -0.142. The summed E-state index contributed by atoms with van der Waals surface area (Å²) in [4.78, 5) is 36.5. The Kier molecular flexibility index (Phi) is 7.94. The lowest BCUT2D eigenvalue weighted by Crippen LogP contribution is -2.57. The first-order chi connectivity index (χ1) is 20.9. The molecule has 1 saturated carbocycles. The number of aliphatic carboxylic acids is 1. The number of hydrogen-bond acceptors (Lipinski definition) is 6. The number of carboxylic acid groups (broad SMARTS) is 1. The Hall–Kier alpha value is -3.86. The van der Waals surface area contributed by atoms with E-state index in [4.69, 9.17) is 16.3 Å². The number of carbonyl (C=O) groups is 2. The third-order valence-electron chi connectivity index (χ3n) is 8.92. The number of halogens is 4. The van der Waals surface area contributed by atoms with Crippen LogP contribution in [0.15, 0.2) is 42.6 Å². The van der Waals surface area contributed by atoms with Gasteiger partial charge < -0.3 is 14.7 Å². The molecule has 232 valence electrons. The van der Waals surface area contributed by atoms with Gasteiger partial charge >= 0.3 is 12.1 Å². The molecule has 1 amide bonds. The van der Waals surface area contributed by atoms with E-state index in [1.807, 2.05) is 12.1 Å². The second-order valence-electron chi connectivity index (χ2n) is 12.1. The fourth-order valence-electron chi connectivity index (χ4n) is 6.48. The number of amides is 1. The van der Waals surface area contributed by atoms with E-state index < -0.39 is 49.0 Å². The topological polar surface area (TPSA) is 95.9 Å². The highest BCUT2D eigenvalue weighted by molar-refractivity contribution is 6.33. The molecule has 44 heavy (non-hydrogen) atoms. The Bertz CT molecular complexity index is 1590. The largest absolute Gasteiger partial charge is 0.481 e. The summed E-state index contributed by atoms with van der Waals surface area (Å²) >= 11 is 6.71. The zero-order chi connectivity index (χ0) is 31.3. The van der Waals surface area contributed by atoms with Gasteiger partial charge in [-0.25, -0.2) is 27.9 Å². The summed E-state index contributed by atoms with van der Waals surface area (Å²) < 4.78 is 47.3. The summed E-state index contributed by atoms with van der Waals surface area (Å²) in [6.45, 7) is 2.52. The van der Waals surface area contributed by atoms with Crippen molar-refractivity contribution in [2.45, 2.75) is 70.1 Å². The van der Waals surface area contributed by atoms with Crippen molar-refractivity contribution in [3.63, 3.8) is 0 Å². The van der Waals surface area contributed by atoms with Gasteiger partial charge in [-0.1, -0.05) is 23.7 Å². The van der Waals surface area contributed by atoms with Gasteiger partial charge in [0, 0.05) is 22.3 Å². The number of rotatable bonds is 7. The number of alkyl halides is 2. The zero-order valence-electron chi connectivity index (χ0n) is 24.3. The molecular formula is C32H32ClF3N4O4. The van der Waals surface area contributed by atoms with E-state index in [-0.39, 0.29) is 24.3 Å². The minimum absolute atomic E-state index is 0.0237. The molecule has 8 nitrogen and oxygen atoms in total. The first-order valence-corrected chi connectivity index (χ1v) is 15.0. The number of ether oxygens (including phenoxy) is 1. The number of nitrogens with zero attached hydrogens (tertiary/aromatic N) is 4. The van der Waals surface area contributed by atoms with E-state index in [9.17, 15) is 27.9 Å². The highest BCUT2D eigenvalue weighted by Gasteiger charge is 2.46. The fourth-order valence-corrected chi connectivity index (χ4v) is 6.70. The van der Waals surface area contributed by atoms with Crippen LogP contribution in [0.5, 0.6) is 0 Å². The van der Waals surface area contributed by atoms with Crippen molar-refractivity contribution >= 4 is 29.6 Å². The molecule has 1 aliphatic carbocycles. The molecular weight excluding hydrogens is 597 g/mol. The van der Waals surface area contributed by atoms with E-state index >= 15 is 0 Å². The third-order valence-corrected chi connectivity index (χ3v) is 9.25. The van der Waals surface area contributed by atoms with Gasteiger partial charge in [-0.2, -0.15) is 0 Å². The first kappa shape index (κ1) is 30.2. The van der Waals surface area contributed by atoms with Crippen molar-refractivity contribution in [1.82, 2.24) is 14.9 Å². The Morgan fingerprint density at radius 1 is 1.09 bits per heavy atom. The Balaban J connectivity index is 1.33. The summed E-state index contributed by atoms with van der Waals surface area (Å²) in [6, 6.07) is 9.67. The molecule has 3 aromatic rings. The second kappa shape index (κ2) is 11.6. The molecule has 2 aromatic carbocycles. The van der Waals surface area contributed by atoms with Crippen LogP contribution in [0.1, 0.15) is 67.0 Å². The molecule has 2 atom stereocenters. The lowest BCUT2D eigenvalue weighted by Gasteiger charge is -2.38. The van der Waals surface area contributed by atoms with Crippen LogP contribution < -0.4 is 4.90 Å². The number of aromatic nitrogens is 2. The maximum atomic E-state index is 14.2. The van der Waals surface area contributed by atoms with Crippen molar-refractivity contribution in [2.75, 3.05) is 18.0 Å². The monoisotopic (exact) mass is 628 g/mol. The lowest BCUT2D eigenvalue weighted by atomic mass is 9.78. The molecule has 3 fully saturated rings. The average Bonchev–Trinajstić information content (AvgIpc) is 3.24. The molecule has 0 unspecified atom stereocenters. The maximum absolute atomic E-state index is 14.2. The summed E-state index contributed by atoms with van der Waals surface area (Å²) in [6.07, 6.45) is 2.83. The minimum Gasteiger partial charge on any atom is -0.481 e. The molecule has 1 aromatic heterocycles.